The number of hydrogen-bond acceptors (Lipinski definition) is 2. The minimum Gasteiger partial charge on any atom is -0.378 e. The zero-order valence-electron chi connectivity index (χ0n) is 8.88. The topological polar surface area (TPSA) is 12.5 Å². The van der Waals surface area contributed by atoms with E-state index >= 15 is 0 Å². The van der Waals surface area contributed by atoms with Crippen LogP contribution in [0.1, 0.15) is 39.5 Å². The highest BCUT2D eigenvalue weighted by Gasteiger charge is 2.50. The Kier molecular flexibility index (Phi) is 2.61. The molecule has 1 spiro atoms. The number of nitrogens with zero attached hydrogens (tertiary/aromatic N) is 1. The molecule has 0 N–H and O–H groups in total. The van der Waals surface area contributed by atoms with Crippen molar-refractivity contribution in [3.05, 3.63) is 0 Å². The Morgan fingerprint density at radius 2 is 2.23 bits per heavy atom. The fourth-order valence-corrected chi connectivity index (χ4v) is 2.58. The molecular weight excluding hydrogens is 162 g/mol. The molecule has 76 valence electrons. The summed E-state index contributed by atoms with van der Waals surface area (Å²) in [4.78, 5) is 2.69. The van der Waals surface area contributed by atoms with Crippen molar-refractivity contribution in [2.24, 2.45) is 0 Å². The van der Waals surface area contributed by atoms with Gasteiger partial charge in [-0.25, -0.2) is 0 Å². The van der Waals surface area contributed by atoms with Crippen LogP contribution in [0.2, 0.25) is 0 Å². The van der Waals surface area contributed by atoms with Crippen LogP contribution in [-0.4, -0.2) is 36.2 Å². The maximum absolute atomic E-state index is 5.56. The fourth-order valence-electron chi connectivity index (χ4n) is 2.58. The van der Waals surface area contributed by atoms with Crippen molar-refractivity contribution in [3.63, 3.8) is 0 Å². The molecule has 1 aliphatic carbocycles. The monoisotopic (exact) mass is 183 g/mol. The van der Waals surface area contributed by atoms with Crippen molar-refractivity contribution >= 4 is 0 Å². The first-order chi connectivity index (χ1) is 6.28. The maximum atomic E-state index is 5.56. The third-order valence-electron chi connectivity index (χ3n) is 3.52. The van der Waals surface area contributed by atoms with E-state index in [1.54, 1.807) is 0 Å². The lowest BCUT2D eigenvalue weighted by molar-refractivity contribution is -0.0399. The molecule has 1 saturated heterocycles. The lowest BCUT2D eigenvalue weighted by Gasteiger charge is -2.40. The van der Waals surface area contributed by atoms with Crippen molar-refractivity contribution in [3.8, 4) is 0 Å². The van der Waals surface area contributed by atoms with Crippen LogP contribution in [-0.2, 0) is 4.74 Å². The summed E-state index contributed by atoms with van der Waals surface area (Å²) in [7, 11) is 0. The molecule has 13 heavy (non-hydrogen) atoms. The predicted molar refractivity (Wildman–Crippen MR) is 53.9 cm³/mol. The van der Waals surface area contributed by atoms with E-state index in [1.807, 2.05) is 0 Å². The van der Waals surface area contributed by atoms with Crippen LogP contribution in [0.25, 0.3) is 0 Å². The summed E-state index contributed by atoms with van der Waals surface area (Å²) in [5, 5.41) is 0. The zero-order valence-corrected chi connectivity index (χ0v) is 8.88. The van der Waals surface area contributed by atoms with E-state index in [2.05, 4.69) is 18.7 Å². The standard InChI is InChI=1S/C11H21NO/c1-3-4-10(2)12-7-8-13-9-11(12)5-6-11/h10H,3-9H2,1-2H3. The summed E-state index contributed by atoms with van der Waals surface area (Å²) in [5.74, 6) is 0. The van der Waals surface area contributed by atoms with Crippen molar-refractivity contribution in [1.29, 1.82) is 0 Å². The first kappa shape index (κ1) is 9.47. The largest absolute Gasteiger partial charge is 0.378 e. The van der Waals surface area contributed by atoms with Crippen molar-refractivity contribution in [2.75, 3.05) is 19.8 Å². The number of rotatable bonds is 3. The summed E-state index contributed by atoms with van der Waals surface area (Å²) in [5.41, 5.74) is 0.479. The van der Waals surface area contributed by atoms with Gasteiger partial charge in [-0.2, -0.15) is 0 Å². The molecule has 0 aromatic heterocycles. The van der Waals surface area contributed by atoms with Crippen molar-refractivity contribution < 1.29 is 4.74 Å². The quantitative estimate of drug-likeness (QED) is 0.664. The smallest absolute Gasteiger partial charge is 0.0651 e. The highest BCUT2D eigenvalue weighted by molar-refractivity contribution is 5.06. The van der Waals surface area contributed by atoms with E-state index in [-0.39, 0.29) is 0 Å². The van der Waals surface area contributed by atoms with E-state index in [0.29, 0.717) is 5.54 Å². The molecule has 2 aliphatic rings. The molecule has 1 atom stereocenters. The Morgan fingerprint density at radius 1 is 1.46 bits per heavy atom. The summed E-state index contributed by atoms with van der Waals surface area (Å²) in [6.07, 6.45) is 5.36. The number of ether oxygens (including phenoxy) is 1. The van der Waals surface area contributed by atoms with Gasteiger partial charge in [-0.15, -0.1) is 0 Å². The zero-order chi connectivity index (χ0) is 9.31. The Hall–Kier alpha value is -0.0800. The van der Waals surface area contributed by atoms with E-state index in [0.717, 1.165) is 25.8 Å². The molecule has 1 aliphatic heterocycles. The van der Waals surface area contributed by atoms with Crippen LogP contribution in [0.3, 0.4) is 0 Å². The predicted octanol–water partition coefficient (Wildman–Crippen LogP) is 2.04. The van der Waals surface area contributed by atoms with E-state index in [1.165, 1.54) is 25.7 Å². The molecule has 2 rings (SSSR count). The molecular formula is C11H21NO. The Bertz CT molecular complexity index is 177. The molecule has 1 unspecified atom stereocenters. The molecule has 1 saturated carbocycles. The summed E-state index contributed by atoms with van der Waals surface area (Å²) < 4.78 is 5.56. The molecule has 0 aromatic rings. The van der Waals surface area contributed by atoms with Gasteiger partial charge in [0.1, 0.15) is 0 Å². The molecule has 2 nitrogen and oxygen atoms in total. The Balaban J connectivity index is 1.95. The summed E-state index contributed by atoms with van der Waals surface area (Å²) >= 11 is 0. The van der Waals surface area contributed by atoms with Gasteiger partial charge in [0.05, 0.1) is 13.2 Å². The minimum absolute atomic E-state index is 0.479. The SMILES string of the molecule is CCCC(C)N1CCOCC12CC2. The van der Waals surface area contributed by atoms with E-state index < -0.39 is 0 Å². The molecule has 0 bridgehead atoms. The summed E-state index contributed by atoms with van der Waals surface area (Å²) in [6.45, 7) is 7.73. The average molecular weight is 183 g/mol. The van der Waals surface area contributed by atoms with Crippen LogP contribution >= 0.6 is 0 Å². The van der Waals surface area contributed by atoms with Gasteiger partial charge in [-0.1, -0.05) is 13.3 Å². The number of morpholine rings is 1. The molecule has 0 amide bonds. The van der Waals surface area contributed by atoms with Crippen molar-refractivity contribution in [2.45, 2.75) is 51.1 Å². The molecule has 0 radical (unpaired) electrons. The molecule has 2 heteroatoms. The van der Waals surface area contributed by atoms with Crippen LogP contribution < -0.4 is 0 Å². The van der Waals surface area contributed by atoms with E-state index in [9.17, 15) is 0 Å². The third kappa shape index (κ3) is 1.75. The Labute approximate surface area is 81.3 Å². The second kappa shape index (κ2) is 3.58. The highest BCUT2D eigenvalue weighted by atomic mass is 16.5. The Morgan fingerprint density at radius 3 is 2.85 bits per heavy atom. The van der Waals surface area contributed by atoms with Gasteiger partial charge in [-0.3, -0.25) is 4.90 Å². The lowest BCUT2D eigenvalue weighted by Crippen LogP contribution is -2.51. The maximum Gasteiger partial charge on any atom is 0.0651 e. The van der Waals surface area contributed by atoms with Gasteiger partial charge in [0.15, 0.2) is 0 Å². The highest BCUT2D eigenvalue weighted by Crippen LogP contribution is 2.44. The van der Waals surface area contributed by atoms with Crippen molar-refractivity contribution in [1.82, 2.24) is 4.90 Å². The van der Waals surface area contributed by atoms with Gasteiger partial charge in [0.2, 0.25) is 0 Å². The average Bonchev–Trinajstić information content (AvgIpc) is 2.87. The van der Waals surface area contributed by atoms with Gasteiger partial charge >= 0.3 is 0 Å². The van der Waals surface area contributed by atoms with Gasteiger partial charge in [0, 0.05) is 18.1 Å². The molecule has 0 aromatic carbocycles. The normalized spacial score (nSPS) is 29.1. The van der Waals surface area contributed by atoms with Gasteiger partial charge in [-0.05, 0) is 26.2 Å². The second-order valence-corrected chi connectivity index (χ2v) is 4.61. The lowest BCUT2D eigenvalue weighted by atomic mass is 10.1. The molecule has 2 fully saturated rings. The van der Waals surface area contributed by atoms with Gasteiger partial charge in [0.25, 0.3) is 0 Å². The second-order valence-electron chi connectivity index (χ2n) is 4.61. The molecule has 1 heterocycles. The first-order valence-electron chi connectivity index (χ1n) is 5.63. The number of hydrogen-bond donors (Lipinski definition) is 0. The first-order valence-corrected chi connectivity index (χ1v) is 5.63. The fraction of sp³-hybridized carbons (Fsp3) is 1.00. The van der Waals surface area contributed by atoms with Crippen LogP contribution in [0, 0.1) is 0 Å². The van der Waals surface area contributed by atoms with Crippen LogP contribution in [0.15, 0.2) is 0 Å². The third-order valence-corrected chi connectivity index (χ3v) is 3.52. The van der Waals surface area contributed by atoms with E-state index in [4.69, 9.17) is 4.74 Å². The summed E-state index contributed by atoms with van der Waals surface area (Å²) in [6, 6.07) is 0.761. The van der Waals surface area contributed by atoms with Crippen LogP contribution in [0.5, 0.6) is 0 Å². The van der Waals surface area contributed by atoms with Gasteiger partial charge < -0.3 is 4.74 Å². The minimum atomic E-state index is 0.479. The van der Waals surface area contributed by atoms with Crippen LogP contribution in [0.4, 0.5) is 0 Å².